The van der Waals surface area contributed by atoms with Crippen molar-refractivity contribution in [2.24, 2.45) is 0 Å². The highest BCUT2D eigenvalue weighted by Gasteiger charge is 2.19. The summed E-state index contributed by atoms with van der Waals surface area (Å²) in [6.45, 7) is 0. The minimum Gasteiger partial charge on any atom is -0.496 e. The molecule has 0 spiro atoms. The van der Waals surface area contributed by atoms with E-state index in [1.54, 1.807) is 30.3 Å². The van der Waals surface area contributed by atoms with Crippen molar-refractivity contribution in [3.8, 4) is 16.9 Å². The van der Waals surface area contributed by atoms with E-state index < -0.39 is 5.97 Å². The third-order valence-corrected chi connectivity index (χ3v) is 4.74. The van der Waals surface area contributed by atoms with Gasteiger partial charge in [0.05, 0.1) is 23.8 Å². The quantitative estimate of drug-likeness (QED) is 0.501. The first-order chi connectivity index (χ1) is 14.6. The summed E-state index contributed by atoms with van der Waals surface area (Å²) in [4.78, 5) is 28.7. The van der Waals surface area contributed by atoms with Gasteiger partial charge in [-0.3, -0.25) is 4.79 Å². The van der Waals surface area contributed by atoms with Crippen molar-refractivity contribution in [1.29, 1.82) is 0 Å². The van der Waals surface area contributed by atoms with Crippen LogP contribution in [-0.4, -0.2) is 29.1 Å². The van der Waals surface area contributed by atoms with Crippen LogP contribution >= 0.6 is 0 Å². The number of anilines is 1. The lowest BCUT2D eigenvalue weighted by atomic mass is 9.98. The van der Waals surface area contributed by atoms with Crippen molar-refractivity contribution in [3.05, 3.63) is 90.0 Å². The smallest absolute Gasteiger partial charge is 0.335 e. The number of methoxy groups -OCH3 is 1. The fourth-order valence-corrected chi connectivity index (χ4v) is 3.30. The van der Waals surface area contributed by atoms with Gasteiger partial charge in [-0.2, -0.15) is 0 Å². The maximum Gasteiger partial charge on any atom is 0.335 e. The summed E-state index contributed by atoms with van der Waals surface area (Å²) in [7, 11) is 1.52. The molecule has 0 saturated heterocycles. The second-order valence-electron chi connectivity index (χ2n) is 6.61. The Labute approximate surface area is 172 Å². The Morgan fingerprint density at radius 2 is 1.73 bits per heavy atom. The number of nitrogens with zero attached hydrogens (tertiary/aromatic N) is 1. The molecule has 1 aromatic heterocycles. The van der Waals surface area contributed by atoms with Crippen LogP contribution in [0.15, 0.2) is 78.9 Å². The van der Waals surface area contributed by atoms with E-state index in [0.717, 1.165) is 11.1 Å². The van der Waals surface area contributed by atoms with Crippen LogP contribution in [0.25, 0.3) is 22.0 Å². The molecule has 2 N–H and O–H groups in total. The number of ether oxygens (including phenoxy) is 1. The molecule has 0 atom stereocenters. The van der Waals surface area contributed by atoms with Crippen LogP contribution < -0.4 is 10.1 Å². The van der Waals surface area contributed by atoms with Gasteiger partial charge in [-0.05, 0) is 47.5 Å². The number of fused-ring (bicyclic) bond motifs is 1. The van der Waals surface area contributed by atoms with Gasteiger partial charge in [0.15, 0.2) is 0 Å². The molecule has 0 saturated carbocycles. The van der Waals surface area contributed by atoms with Crippen molar-refractivity contribution in [2.75, 3.05) is 12.4 Å². The van der Waals surface area contributed by atoms with E-state index in [1.807, 2.05) is 42.5 Å². The molecule has 4 rings (SSSR count). The number of aromatic nitrogens is 1. The summed E-state index contributed by atoms with van der Waals surface area (Å²) in [5, 5.41) is 12.6. The van der Waals surface area contributed by atoms with Gasteiger partial charge in [-0.1, -0.05) is 42.5 Å². The van der Waals surface area contributed by atoms with Crippen LogP contribution in [0.5, 0.6) is 5.75 Å². The molecule has 30 heavy (non-hydrogen) atoms. The number of hydrogen-bond acceptors (Lipinski definition) is 4. The van der Waals surface area contributed by atoms with Gasteiger partial charge in [0.1, 0.15) is 11.6 Å². The molecule has 3 aromatic carbocycles. The average Bonchev–Trinajstić information content (AvgIpc) is 2.78. The van der Waals surface area contributed by atoms with Gasteiger partial charge in [-0.25, -0.2) is 9.78 Å². The highest BCUT2D eigenvalue weighted by atomic mass is 16.5. The molecule has 1 heterocycles. The number of carboxylic acids is 1. The standard InChI is InChI=1S/C24H18N2O4/c1-30-20-9-5-8-18(15-6-3-2-4-7-15)22(20)23(27)26-21-13-11-16-14-17(24(28)29)10-12-19(16)25-21/h2-14H,1H3,(H,28,29)(H,25,26,27). The van der Waals surface area contributed by atoms with Gasteiger partial charge >= 0.3 is 5.97 Å². The minimum absolute atomic E-state index is 0.183. The van der Waals surface area contributed by atoms with Crippen LogP contribution in [0.4, 0.5) is 5.82 Å². The molecule has 6 nitrogen and oxygen atoms in total. The number of carbonyl (C=O) groups excluding carboxylic acids is 1. The maximum absolute atomic E-state index is 13.2. The lowest BCUT2D eigenvalue weighted by Gasteiger charge is -2.14. The third kappa shape index (κ3) is 3.71. The molecule has 0 bridgehead atoms. The number of pyridine rings is 1. The Morgan fingerprint density at radius 1 is 0.933 bits per heavy atom. The molecule has 0 aliphatic heterocycles. The zero-order chi connectivity index (χ0) is 21.1. The predicted octanol–water partition coefficient (Wildman–Crippen LogP) is 4.86. The van der Waals surface area contributed by atoms with Crippen LogP contribution in [0.1, 0.15) is 20.7 Å². The summed E-state index contributed by atoms with van der Waals surface area (Å²) in [5.41, 5.74) is 2.83. The van der Waals surface area contributed by atoms with E-state index in [0.29, 0.717) is 28.0 Å². The van der Waals surface area contributed by atoms with Crippen LogP contribution in [0.3, 0.4) is 0 Å². The lowest BCUT2D eigenvalue weighted by Crippen LogP contribution is -2.15. The Kier molecular flexibility index (Phi) is 5.13. The van der Waals surface area contributed by atoms with Crippen molar-refractivity contribution in [2.45, 2.75) is 0 Å². The monoisotopic (exact) mass is 398 g/mol. The van der Waals surface area contributed by atoms with E-state index >= 15 is 0 Å². The minimum atomic E-state index is -1.00. The Bertz CT molecular complexity index is 1250. The highest BCUT2D eigenvalue weighted by molar-refractivity contribution is 6.10. The predicted molar refractivity (Wildman–Crippen MR) is 115 cm³/mol. The van der Waals surface area contributed by atoms with E-state index in [9.17, 15) is 9.59 Å². The van der Waals surface area contributed by atoms with Gasteiger partial charge in [-0.15, -0.1) is 0 Å². The number of nitrogens with one attached hydrogen (secondary N) is 1. The van der Waals surface area contributed by atoms with Crippen LogP contribution in [0.2, 0.25) is 0 Å². The summed E-state index contributed by atoms with van der Waals surface area (Å²) >= 11 is 0. The number of hydrogen-bond donors (Lipinski definition) is 2. The number of aromatic carboxylic acids is 1. The molecule has 6 heteroatoms. The van der Waals surface area contributed by atoms with Crippen molar-refractivity contribution in [3.63, 3.8) is 0 Å². The number of benzene rings is 3. The lowest BCUT2D eigenvalue weighted by molar-refractivity contribution is 0.0697. The van der Waals surface area contributed by atoms with E-state index in [1.165, 1.54) is 13.2 Å². The maximum atomic E-state index is 13.2. The fraction of sp³-hybridized carbons (Fsp3) is 0.0417. The molecule has 0 aliphatic rings. The topological polar surface area (TPSA) is 88.5 Å². The summed E-state index contributed by atoms with van der Waals surface area (Å²) in [6, 6.07) is 23.1. The highest BCUT2D eigenvalue weighted by Crippen LogP contribution is 2.31. The zero-order valence-electron chi connectivity index (χ0n) is 16.1. The Hall–Kier alpha value is -4.19. The SMILES string of the molecule is COc1cccc(-c2ccccc2)c1C(=O)Nc1ccc2cc(C(=O)O)ccc2n1. The zero-order valence-corrected chi connectivity index (χ0v) is 16.1. The first kappa shape index (κ1) is 19.1. The molecule has 0 unspecified atom stereocenters. The molecular formula is C24H18N2O4. The Balaban J connectivity index is 1.70. The van der Waals surface area contributed by atoms with Crippen LogP contribution in [0, 0.1) is 0 Å². The van der Waals surface area contributed by atoms with E-state index in [2.05, 4.69) is 10.3 Å². The second-order valence-corrected chi connectivity index (χ2v) is 6.61. The average molecular weight is 398 g/mol. The summed E-state index contributed by atoms with van der Waals surface area (Å²) in [5.74, 6) is -0.527. The number of amides is 1. The molecular weight excluding hydrogens is 380 g/mol. The molecule has 4 aromatic rings. The normalized spacial score (nSPS) is 10.6. The molecule has 0 radical (unpaired) electrons. The second kappa shape index (κ2) is 8.05. The molecule has 0 fully saturated rings. The largest absolute Gasteiger partial charge is 0.496 e. The Morgan fingerprint density at radius 3 is 2.47 bits per heavy atom. The number of carbonyl (C=O) groups is 2. The number of carboxylic acid groups (broad SMARTS) is 1. The first-order valence-corrected chi connectivity index (χ1v) is 9.24. The molecule has 148 valence electrons. The first-order valence-electron chi connectivity index (χ1n) is 9.24. The number of rotatable bonds is 5. The van der Waals surface area contributed by atoms with Crippen LogP contribution in [-0.2, 0) is 0 Å². The van der Waals surface area contributed by atoms with Gasteiger partial charge in [0.2, 0.25) is 0 Å². The van der Waals surface area contributed by atoms with Gasteiger partial charge in [0.25, 0.3) is 5.91 Å². The van der Waals surface area contributed by atoms with Crippen molar-refractivity contribution in [1.82, 2.24) is 4.98 Å². The molecule has 0 aliphatic carbocycles. The van der Waals surface area contributed by atoms with E-state index in [-0.39, 0.29) is 11.5 Å². The summed E-state index contributed by atoms with van der Waals surface area (Å²) < 4.78 is 5.44. The van der Waals surface area contributed by atoms with E-state index in [4.69, 9.17) is 9.84 Å². The third-order valence-electron chi connectivity index (χ3n) is 4.74. The summed E-state index contributed by atoms with van der Waals surface area (Å²) in [6.07, 6.45) is 0. The van der Waals surface area contributed by atoms with Gasteiger partial charge < -0.3 is 15.2 Å². The van der Waals surface area contributed by atoms with Gasteiger partial charge in [0, 0.05) is 5.39 Å². The fourth-order valence-electron chi connectivity index (χ4n) is 3.30. The van der Waals surface area contributed by atoms with Crippen molar-refractivity contribution >= 4 is 28.6 Å². The van der Waals surface area contributed by atoms with Crippen molar-refractivity contribution < 1.29 is 19.4 Å². The molecule has 1 amide bonds.